The van der Waals surface area contributed by atoms with Crippen LogP contribution in [0.5, 0.6) is 0 Å². The minimum absolute atomic E-state index is 0.0304. The molecular formula is C15H28N4O4. The Labute approximate surface area is 136 Å². The number of hydrogen-bond acceptors (Lipinski definition) is 5. The van der Waals surface area contributed by atoms with Gasteiger partial charge in [0.1, 0.15) is 5.78 Å². The van der Waals surface area contributed by atoms with E-state index in [1.165, 1.54) is 0 Å². The molecule has 0 aliphatic heterocycles. The third-order valence-electron chi connectivity index (χ3n) is 3.62. The number of carbonyl (C=O) groups is 4. The van der Waals surface area contributed by atoms with E-state index in [0.29, 0.717) is 19.4 Å². The van der Waals surface area contributed by atoms with Crippen molar-refractivity contribution >= 4 is 23.5 Å². The summed E-state index contributed by atoms with van der Waals surface area (Å²) in [7, 11) is 0. The van der Waals surface area contributed by atoms with Crippen molar-refractivity contribution < 1.29 is 19.2 Å². The minimum Gasteiger partial charge on any atom is -0.368 e. The maximum absolute atomic E-state index is 12.2. The van der Waals surface area contributed by atoms with Gasteiger partial charge in [-0.2, -0.15) is 0 Å². The molecule has 132 valence electrons. The van der Waals surface area contributed by atoms with Gasteiger partial charge in [-0.1, -0.05) is 13.8 Å². The van der Waals surface area contributed by atoms with Crippen molar-refractivity contribution in [2.24, 2.45) is 23.3 Å². The normalized spacial score (nSPS) is 13.0. The van der Waals surface area contributed by atoms with Crippen LogP contribution in [0.15, 0.2) is 0 Å². The van der Waals surface area contributed by atoms with E-state index in [4.69, 9.17) is 11.5 Å². The van der Waals surface area contributed by atoms with Gasteiger partial charge in [-0.15, -0.1) is 0 Å². The first kappa shape index (κ1) is 21.0. The zero-order valence-electron chi connectivity index (χ0n) is 13.9. The number of ketones is 1. The summed E-state index contributed by atoms with van der Waals surface area (Å²) in [4.78, 5) is 46.2. The van der Waals surface area contributed by atoms with Crippen LogP contribution < -0.4 is 22.1 Å². The summed E-state index contributed by atoms with van der Waals surface area (Å²) in [5, 5.41) is 4.75. The molecule has 23 heavy (non-hydrogen) atoms. The molecule has 3 amide bonds. The molecule has 0 radical (unpaired) electrons. The van der Waals surface area contributed by atoms with Gasteiger partial charge in [0.25, 0.3) is 0 Å². The van der Waals surface area contributed by atoms with Crippen molar-refractivity contribution in [1.82, 2.24) is 10.6 Å². The van der Waals surface area contributed by atoms with Gasteiger partial charge in [0.15, 0.2) is 0 Å². The van der Waals surface area contributed by atoms with Crippen molar-refractivity contribution in [1.29, 1.82) is 0 Å². The third-order valence-corrected chi connectivity index (χ3v) is 3.62. The molecule has 0 fully saturated rings. The van der Waals surface area contributed by atoms with Crippen LogP contribution in [-0.2, 0) is 19.2 Å². The van der Waals surface area contributed by atoms with Crippen molar-refractivity contribution in [3.05, 3.63) is 0 Å². The Morgan fingerprint density at radius 3 is 2.26 bits per heavy atom. The number of primary amides is 1. The molecule has 0 heterocycles. The predicted octanol–water partition coefficient (Wildman–Crippen LogP) is -0.935. The number of rotatable bonds is 12. The molecule has 0 aliphatic carbocycles. The van der Waals surface area contributed by atoms with Crippen LogP contribution in [0.2, 0.25) is 0 Å². The van der Waals surface area contributed by atoms with Crippen molar-refractivity contribution in [2.75, 3.05) is 19.6 Å². The fraction of sp³-hybridized carbons (Fsp3) is 0.733. The van der Waals surface area contributed by atoms with E-state index in [1.54, 1.807) is 0 Å². The molecule has 2 atom stereocenters. The fourth-order valence-electron chi connectivity index (χ4n) is 1.92. The summed E-state index contributed by atoms with van der Waals surface area (Å²) in [5.74, 6) is -2.09. The van der Waals surface area contributed by atoms with E-state index >= 15 is 0 Å². The molecule has 0 bridgehead atoms. The van der Waals surface area contributed by atoms with E-state index in [-0.39, 0.29) is 37.1 Å². The highest BCUT2D eigenvalue weighted by Gasteiger charge is 2.23. The highest BCUT2D eigenvalue weighted by atomic mass is 16.2. The molecule has 0 spiro atoms. The Hall–Kier alpha value is -1.96. The standard InChI is InChI=1S/C15H28N4O4/c1-3-10(2)12(20)7-11(5-4-6-16)15(23)19-9-14(22)18-8-13(17)21/h10-11H,3-9,16H2,1-2H3,(H2,17,21)(H,18,22)(H,19,23)/t10-,11+/m0/s1. The van der Waals surface area contributed by atoms with E-state index in [1.807, 2.05) is 13.8 Å². The lowest BCUT2D eigenvalue weighted by atomic mass is 9.90. The fourth-order valence-corrected chi connectivity index (χ4v) is 1.92. The van der Waals surface area contributed by atoms with E-state index < -0.39 is 17.7 Å². The Bertz CT molecular complexity index is 426. The van der Waals surface area contributed by atoms with Crippen molar-refractivity contribution in [2.45, 2.75) is 39.5 Å². The summed E-state index contributed by atoms with van der Waals surface area (Å²) in [6, 6.07) is 0. The average Bonchev–Trinajstić information content (AvgIpc) is 2.53. The lowest BCUT2D eigenvalue weighted by Gasteiger charge is -2.17. The van der Waals surface area contributed by atoms with Crippen LogP contribution in [0.25, 0.3) is 0 Å². The van der Waals surface area contributed by atoms with E-state index in [2.05, 4.69) is 10.6 Å². The number of nitrogens with one attached hydrogen (secondary N) is 2. The lowest BCUT2D eigenvalue weighted by Crippen LogP contribution is -2.42. The first-order valence-corrected chi connectivity index (χ1v) is 7.87. The van der Waals surface area contributed by atoms with Crippen molar-refractivity contribution in [3.63, 3.8) is 0 Å². The van der Waals surface area contributed by atoms with Gasteiger partial charge < -0.3 is 22.1 Å². The Balaban J connectivity index is 4.47. The largest absolute Gasteiger partial charge is 0.368 e. The first-order chi connectivity index (χ1) is 10.8. The summed E-state index contributed by atoms with van der Waals surface area (Å²) in [6.45, 7) is 3.64. The number of hydrogen-bond donors (Lipinski definition) is 4. The summed E-state index contributed by atoms with van der Waals surface area (Å²) >= 11 is 0. The maximum atomic E-state index is 12.2. The molecule has 0 aromatic carbocycles. The zero-order valence-corrected chi connectivity index (χ0v) is 13.9. The first-order valence-electron chi connectivity index (χ1n) is 7.87. The second-order valence-corrected chi connectivity index (χ2v) is 5.57. The lowest BCUT2D eigenvalue weighted by molar-refractivity contribution is -0.132. The van der Waals surface area contributed by atoms with Crippen LogP contribution in [0.1, 0.15) is 39.5 Å². The zero-order chi connectivity index (χ0) is 17.8. The molecule has 6 N–H and O–H groups in total. The van der Waals surface area contributed by atoms with Crippen LogP contribution >= 0.6 is 0 Å². The second-order valence-electron chi connectivity index (χ2n) is 5.57. The van der Waals surface area contributed by atoms with Crippen LogP contribution in [0.3, 0.4) is 0 Å². The number of amides is 3. The topological polar surface area (TPSA) is 144 Å². The monoisotopic (exact) mass is 328 g/mol. The summed E-state index contributed by atoms with van der Waals surface area (Å²) < 4.78 is 0. The Morgan fingerprint density at radius 2 is 1.74 bits per heavy atom. The minimum atomic E-state index is -0.662. The molecule has 0 rings (SSSR count). The van der Waals surface area contributed by atoms with Gasteiger partial charge >= 0.3 is 0 Å². The molecule has 0 aliphatic rings. The van der Waals surface area contributed by atoms with Gasteiger partial charge in [-0.3, -0.25) is 19.2 Å². The molecule has 0 aromatic rings. The number of nitrogens with two attached hydrogens (primary N) is 2. The average molecular weight is 328 g/mol. The molecule has 8 nitrogen and oxygen atoms in total. The predicted molar refractivity (Wildman–Crippen MR) is 86.1 cm³/mol. The molecule has 8 heteroatoms. The smallest absolute Gasteiger partial charge is 0.239 e. The molecule has 0 unspecified atom stereocenters. The highest BCUT2D eigenvalue weighted by molar-refractivity contribution is 5.91. The SMILES string of the molecule is CC[C@H](C)C(=O)C[C@@H](CCCN)C(=O)NCC(=O)NCC(N)=O. The van der Waals surface area contributed by atoms with Gasteiger partial charge in [0.2, 0.25) is 17.7 Å². The van der Waals surface area contributed by atoms with E-state index in [0.717, 1.165) is 6.42 Å². The van der Waals surface area contributed by atoms with Gasteiger partial charge in [-0.05, 0) is 25.8 Å². The van der Waals surface area contributed by atoms with Gasteiger partial charge in [-0.25, -0.2) is 0 Å². The quantitative estimate of drug-likeness (QED) is 0.365. The van der Waals surface area contributed by atoms with Gasteiger partial charge in [0, 0.05) is 18.3 Å². The number of Topliss-reactive ketones (excluding diaryl/α,β-unsaturated/α-hetero) is 1. The summed E-state index contributed by atoms with van der Waals surface area (Å²) in [5.41, 5.74) is 10.4. The van der Waals surface area contributed by atoms with E-state index in [9.17, 15) is 19.2 Å². The second kappa shape index (κ2) is 11.6. The molecule has 0 saturated heterocycles. The summed E-state index contributed by atoms with van der Waals surface area (Å²) in [6.07, 6.45) is 1.98. The molecule has 0 aromatic heterocycles. The Morgan fingerprint density at radius 1 is 1.09 bits per heavy atom. The molecule has 0 saturated carbocycles. The van der Waals surface area contributed by atoms with Crippen LogP contribution in [0.4, 0.5) is 0 Å². The van der Waals surface area contributed by atoms with Gasteiger partial charge in [0.05, 0.1) is 13.1 Å². The van der Waals surface area contributed by atoms with Crippen LogP contribution in [0, 0.1) is 11.8 Å². The van der Waals surface area contributed by atoms with Crippen LogP contribution in [-0.4, -0.2) is 43.1 Å². The maximum Gasteiger partial charge on any atom is 0.239 e. The number of carbonyl (C=O) groups excluding carboxylic acids is 4. The third kappa shape index (κ3) is 9.62. The molecular weight excluding hydrogens is 300 g/mol. The highest BCUT2D eigenvalue weighted by Crippen LogP contribution is 2.16. The Kier molecular flexibility index (Phi) is 10.6. The van der Waals surface area contributed by atoms with Crippen molar-refractivity contribution in [3.8, 4) is 0 Å².